The smallest absolute Gasteiger partial charge is 0.143 e. The molecule has 4 heteroatoms. The van der Waals surface area contributed by atoms with Crippen LogP contribution >= 0.6 is 12.2 Å². The fourth-order valence-corrected chi connectivity index (χ4v) is 1.12. The quantitative estimate of drug-likeness (QED) is 0.577. The molecule has 0 aliphatic rings. The molecule has 0 saturated heterocycles. The SMILES string of the molecule is S=c1[nH]ncn2cccc12. The monoisotopic (exact) mass is 151 g/mol. The van der Waals surface area contributed by atoms with Crippen LogP contribution in [-0.4, -0.2) is 14.6 Å². The zero-order valence-electron chi connectivity index (χ0n) is 5.11. The van der Waals surface area contributed by atoms with Crippen molar-refractivity contribution in [3.63, 3.8) is 0 Å². The van der Waals surface area contributed by atoms with Gasteiger partial charge in [-0.25, -0.2) is 0 Å². The van der Waals surface area contributed by atoms with Gasteiger partial charge in [-0.05, 0) is 12.1 Å². The van der Waals surface area contributed by atoms with E-state index in [4.69, 9.17) is 12.2 Å². The van der Waals surface area contributed by atoms with Crippen molar-refractivity contribution in [1.82, 2.24) is 14.6 Å². The number of hydrogen-bond acceptors (Lipinski definition) is 2. The molecule has 2 heterocycles. The van der Waals surface area contributed by atoms with E-state index >= 15 is 0 Å². The molecule has 0 saturated carbocycles. The van der Waals surface area contributed by atoms with Gasteiger partial charge in [0.2, 0.25) is 0 Å². The van der Waals surface area contributed by atoms with Crippen LogP contribution in [-0.2, 0) is 0 Å². The summed E-state index contributed by atoms with van der Waals surface area (Å²) in [5.74, 6) is 0. The van der Waals surface area contributed by atoms with Crippen LogP contribution in [0.3, 0.4) is 0 Å². The van der Waals surface area contributed by atoms with Gasteiger partial charge in [0.25, 0.3) is 0 Å². The Kier molecular flexibility index (Phi) is 1.07. The fraction of sp³-hybridized carbons (Fsp3) is 0. The third-order valence-corrected chi connectivity index (χ3v) is 1.66. The lowest BCUT2D eigenvalue weighted by atomic mass is 10.5. The maximum atomic E-state index is 4.97. The van der Waals surface area contributed by atoms with Gasteiger partial charge in [0.1, 0.15) is 11.0 Å². The minimum absolute atomic E-state index is 0.674. The highest BCUT2D eigenvalue weighted by Crippen LogP contribution is 2.01. The number of hydrogen-bond donors (Lipinski definition) is 1. The van der Waals surface area contributed by atoms with Gasteiger partial charge >= 0.3 is 0 Å². The Bertz CT molecular complexity index is 400. The second-order valence-electron chi connectivity index (χ2n) is 1.99. The fourth-order valence-electron chi connectivity index (χ4n) is 0.894. The first kappa shape index (κ1) is 5.61. The lowest BCUT2D eigenvalue weighted by Gasteiger charge is -1.89. The highest BCUT2D eigenvalue weighted by Gasteiger charge is 1.90. The highest BCUT2D eigenvalue weighted by molar-refractivity contribution is 7.71. The molecule has 0 bridgehead atoms. The van der Waals surface area contributed by atoms with Crippen molar-refractivity contribution in [2.45, 2.75) is 0 Å². The second-order valence-corrected chi connectivity index (χ2v) is 2.39. The summed E-state index contributed by atoms with van der Waals surface area (Å²) >= 11 is 4.97. The molecule has 50 valence electrons. The van der Waals surface area contributed by atoms with E-state index in [9.17, 15) is 0 Å². The lowest BCUT2D eigenvalue weighted by Crippen LogP contribution is -1.87. The van der Waals surface area contributed by atoms with E-state index in [0.29, 0.717) is 4.64 Å². The van der Waals surface area contributed by atoms with Crippen molar-refractivity contribution in [3.05, 3.63) is 29.3 Å². The molecule has 0 amide bonds. The van der Waals surface area contributed by atoms with E-state index < -0.39 is 0 Å². The molecule has 0 unspecified atom stereocenters. The van der Waals surface area contributed by atoms with Crippen LogP contribution in [0.15, 0.2) is 24.7 Å². The van der Waals surface area contributed by atoms with Crippen molar-refractivity contribution in [3.8, 4) is 0 Å². The zero-order chi connectivity index (χ0) is 6.97. The van der Waals surface area contributed by atoms with Gasteiger partial charge in [0.15, 0.2) is 0 Å². The molecule has 0 fully saturated rings. The van der Waals surface area contributed by atoms with E-state index in [1.165, 1.54) is 0 Å². The third kappa shape index (κ3) is 0.657. The Morgan fingerprint density at radius 1 is 1.60 bits per heavy atom. The number of rotatable bonds is 0. The first-order chi connectivity index (χ1) is 4.88. The number of aromatic amines is 1. The van der Waals surface area contributed by atoms with Crippen molar-refractivity contribution < 1.29 is 0 Å². The molecule has 0 aliphatic carbocycles. The summed E-state index contributed by atoms with van der Waals surface area (Å²) in [4.78, 5) is 0. The molecule has 10 heavy (non-hydrogen) atoms. The third-order valence-electron chi connectivity index (χ3n) is 1.36. The average Bonchev–Trinajstić information content (AvgIpc) is 2.36. The van der Waals surface area contributed by atoms with Gasteiger partial charge in [-0.3, -0.25) is 5.10 Å². The number of fused-ring (bicyclic) bond motifs is 1. The standard InChI is InChI=1S/C6H5N3S/c10-6-5-2-1-3-9(5)4-7-8-6/h1-4H,(H,8,10). The molecule has 0 spiro atoms. The van der Waals surface area contributed by atoms with Crippen LogP contribution in [0.25, 0.3) is 5.52 Å². The summed E-state index contributed by atoms with van der Waals surface area (Å²) in [5.41, 5.74) is 0.991. The molecule has 0 aromatic carbocycles. The first-order valence-corrected chi connectivity index (χ1v) is 3.29. The predicted molar refractivity (Wildman–Crippen MR) is 40.4 cm³/mol. The topological polar surface area (TPSA) is 33.1 Å². The lowest BCUT2D eigenvalue weighted by molar-refractivity contribution is 0.939. The normalized spacial score (nSPS) is 10.4. The van der Waals surface area contributed by atoms with Crippen molar-refractivity contribution in [2.24, 2.45) is 0 Å². The molecular formula is C6H5N3S. The zero-order valence-corrected chi connectivity index (χ0v) is 5.93. The van der Waals surface area contributed by atoms with Crippen molar-refractivity contribution in [2.75, 3.05) is 0 Å². The maximum Gasteiger partial charge on any atom is 0.143 e. The summed E-state index contributed by atoms with van der Waals surface area (Å²) < 4.78 is 2.55. The largest absolute Gasteiger partial charge is 0.303 e. The molecule has 2 aromatic rings. The minimum atomic E-state index is 0.674. The summed E-state index contributed by atoms with van der Waals surface area (Å²) in [6.45, 7) is 0. The van der Waals surface area contributed by atoms with E-state index in [1.54, 1.807) is 6.33 Å². The summed E-state index contributed by atoms with van der Waals surface area (Å²) in [6.07, 6.45) is 3.59. The molecule has 2 rings (SSSR count). The molecule has 3 nitrogen and oxygen atoms in total. The number of H-pyrrole nitrogens is 1. The van der Waals surface area contributed by atoms with Crippen LogP contribution in [0.4, 0.5) is 0 Å². The predicted octanol–water partition coefficient (Wildman–Crippen LogP) is 1.39. The van der Waals surface area contributed by atoms with Gasteiger partial charge in [-0.15, -0.1) is 0 Å². The van der Waals surface area contributed by atoms with Gasteiger partial charge in [0, 0.05) is 6.20 Å². The Labute approximate surface area is 62.3 Å². The van der Waals surface area contributed by atoms with E-state index in [-0.39, 0.29) is 0 Å². The van der Waals surface area contributed by atoms with Gasteiger partial charge < -0.3 is 4.40 Å². The van der Waals surface area contributed by atoms with Crippen LogP contribution in [0.1, 0.15) is 0 Å². The summed E-state index contributed by atoms with van der Waals surface area (Å²) in [5, 5.41) is 6.52. The van der Waals surface area contributed by atoms with Crippen LogP contribution in [0, 0.1) is 4.64 Å². The number of nitrogens with zero attached hydrogens (tertiary/aromatic N) is 2. The number of aromatic nitrogens is 3. The molecule has 0 radical (unpaired) electrons. The van der Waals surface area contributed by atoms with E-state index in [0.717, 1.165) is 5.52 Å². The van der Waals surface area contributed by atoms with Gasteiger partial charge in [-0.2, -0.15) is 5.10 Å². The molecule has 0 atom stereocenters. The molecular weight excluding hydrogens is 146 g/mol. The Morgan fingerprint density at radius 3 is 3.30 bits per heavy atom. The summed E-state index contributed by atoms with van der Waals surface area (Å²) in [7, 11) is 0. The van der Waals surface area contributed by atoms with Crippen LogP contribution in [0.2, 0.25) is 0 Å². The molecule has 1 N–H and O–H groups in total. The highest BCUT2D eigenvalue weighted by atomic mass is 32.1. The van der Waals surface area contributed by atoms with Gasteiger partial charge in [-0.1, -0.05) is 12.2 Å². The van der Waals surface area contributed by atoms with Crippen LogP contribution < -0.4 is 0 Å². The second kappa shape index (κ2) is 1.91. The van der Waals surface area contributed by atoms with E-state index in [1.807, 2.05) is 22.7 Å². The van der Waals surface area contributed by atoms with Crippen LogP contribution in [0.5, 0.6) is 0 Å². The Morgan fingerprint density at radius 2 is 2.50 bits per heavy atom. The Balaban J connectivity index is 3.09. The summed E-state index contributed by atoms with van der Waals surface area (Å²) in [6, 6.07) is 3.88. The minimum Gasteiger partial charge on any atom is -0.303 e. The molecule has 0 aliphatic heterocycles. The van der Waals surface area contributed by atoms with Crippen molar-refractivity contribution >= 4 is 17.7 Å². The van der Waals surface area contributed by atoms with Crippen molar-refractivity contribution in [1.29, 1.82) is 0 Å². The Hall–Kier alpha value is -1.16. The first-order valence-electron chi connectivity index (χ1n) is 2.88. The maximum absolute atomic E-state index is 4.97. The van der Waals surface area contributed by atoms with Gasteiger partial charge in [0.05, 0.1) is 5.52 Å². The molecule has 2 aromatic heterocycles. The van der Waals surface area contributed by atoms with E-state index in [2.05, 4.69) is 10.2 Å². The average molecular weight is 151 g/mol. The number of nitrogens with one attached hydrogen (secondary N) is 1.